The molecule has 1 atom stereocenters. The molecule has 0 aliphatic carbocycles. The molecule has 1 unspecified atom stereocenters. The van der Waals surface area contributed by atoms with Crippen LogP contribution in [0, 0.1) is 0 Å². The summed E-state index contributed by atoms with van der Waals surface area (Å²) >= 11 is 0. The second kappa shape index (κ2) is 10.1. The summed E-state index contributed by atoms with van der Waals surface area (Å²) in [5, 5.41) is 2.74. The van der Waals surface area contributed by atoms with E-state index in [0.29, 0.717) is 18.5 Å². The maximum absolute atomic E-state index is 11.4. The maximum atomic E-state index is 11.4. The Morgan fingerprint density at radius 3 is 2.45 bits per heavy atom. The van der Waals surface area contributed by atoms with Crippen molar-refractivity contribution in [3.8, 4) is 0 Å². The third kappa shape index (κ3) is 11.2. The highest BCUT2D eigenvalue weighted by molar-refractivity contribution is 7.47. The molecule has 0 spiro atoms. The average molecular weight is 307 g/mol. The highest BCUT2D eigenvalue weighted by Crippen LogP contribution is 2.44. The number of rotatable bonds is 11. The molecule has 6 nitrogen and oxygen atoms in total. The van der Waals surface area contributed by atoms with Gasteiger partial charge >= 0.3 is 7.82 Å². The number of nitrogens with one attached hydrogen (secondary N) is 1. The van der Waals surface area contributed by atoms with E-state index in [2.05, 4.69) is 11.9 Å². The topological polar surface area (TPSA) is 84.9 Å². The van der Waals surface area contributed by atoms with E-state index in [0.717, 1.165) is 19.3 Å². The normalized spacial score (nSPS) is 14.1. The first-order valence-electron chi connectivity index (χ1n) is 6.84. The molecule has 0 aliphatic heterocycles. The lowest BCUT2D eigenvalue weighted by molar-refractivity contribution is -0.117. The van der Waals surface area contributed by atoms with E-state index >= 15 is 0 Å². The van der Waals surface area contributed by atoms with Crippen LogP contribution in [0.5, 0.6) is 0 Å². The number of phosphoric ester groups is 1. The van der Waals surface area contributed by atoms with Crippen LogP contribution in [0.2, 0.25) is 0 Å². The number of phosphoric acid groups is 1. The zero-order chi connectivity index (χ0) is 15.6. The molecular formula is C13H26NO5P. The van der Waals surface area contributed by atoms with Gasteiger partial charge in [-0.15, -0.1) is 0 Å². The molecular weight excluding hydrogens is 281 g/mol. The lowest BCUT2D eigenvalue weighted by Crippen LogP contribution is -2.24. The highest BCUT2D eigenvalue weighted by atomic mass is 31.2. The predicted molar refractivity (Wildman–Crippen MR) is 78.3 cm³/mol. The Kier molecular flexibility index (Phi) is 9.76. The molecule has 2 N–H and O–H groups in total. The van der Waals surface area contributed by atoms with Crippen LogP contribution in [0.1, 0.15) is 46.5 Å². The molecule has 0 aromatic rings. The number of hydrogen-bond donors (Lipinski definition) is 2. The molecule has 0 radical (unpaired) electrons. The van der Waals surface area contributed by atoms with Gasteiger partial charge in [-0.05, 0) is 33.6 Å². The van der Waals surface area contributed by atoms with Gasteiger partial charge in [0.25, 0.3) is 0 Å². The van der Waals surface area contributed by atoms with Crippen LogP contribution in [0.3, 0.4) is 0 Å². The molecule has 0 heterocycles. The third-order valence-electron chi connectivity index (χ3n) is 2.34. The van der Waals surface area contributed by atoms with Gasteiger partial charge in [-0.2, -0.15) is 0 Å². The minimum atomic E-state index is -3.90. The summed E-state index contributed by atoms with van der Waals surface area (Å²) in [7, 11) is -3.90. The van der Waals surface area contributed by atoms with Crippen LogP contribution >= 0.6 is 7.82 Å². The number of amides is 1. The number of carbonyl (C=O) groups excluding carboxylic acids is 1. The van der Waals surface area contributed by atoms with Crippen molar-refractivity contribution >= 4 is 13.7 Å². The first kappa shape index (κ1) is 19.3. The predicted octanol–water partition coefficient (Wildman–Crippen LogP) is 2.78. The monoisotopic (exact) mass is 307 g/mol. The highest BCUT2D eigenvalue weighted by Gasteiger charge is 2.21. The zero-order valence-electron chi connectivity index (χ0n) is 12.6. The quantitative estimate of drug-likeness (QED) is 0.348. The Labute approximate surface area is 121 Å². The number of carbonyl (C=O) groups is 1. The Morgan fingerprint density at radius 2 is 1.90 bits per heavy atom. The molecule has 0 aromatic carbocycles. The molecule has 0 aliphatic rings. The van der Waals surface area contributed by atoms with Crippen molar-refractivity contribution in [2.24, 2.45) is 0 Å². The van der Waals surface area contributed by atoms with E-state index in [1.807, 2.05) is 0 Å². The van der Waals surface area contributed by atoms with E-state index in [-0.39, 0.29) is 18.6 Å². The van der Waals surface area contributed by atoms with Gasteiger partial charge in [-0.3, -0.25) is 13.8 Å². The molecule has 0 saturated heterocycles. The fraction of sp³-hybridized carbons (Fsp3) is 0.769. The van der Waals surface area contributed by atoms with E-state index in [1.165, 1.54) is 0 Å². The summed E-state index contributed by atoms with van der Waals surface area (Å²) in [6.45, 7) is 9.36. The second-order valence-corrected chi connectivity index (χ2v) is 6.31. The Bertz CT molecular complexity index is 357. The van der Waals surface area contributed by atoms with E-state index < -0.39 is 7.82 Å². The largest absolute Gasteiger partial charge is 0.472 e. The Morgan fingerprint density at radius 1 is 1.30 bits per heavy atom. The molecule has 0 saturated carbocycles. The Hall–Kier alpha value is -0.680. The van der Waals surface area contributed by atoms with Crippen LogP contribution in [0.25, 0.3) is 0 Å². The van der Waals surface area contributed by atoms with Crippen LogP contribution in [0.15, 0.2) is 12.2 Å². The number of hydrogen-bond acceptors (Lipinski definition) is 4. The van der Waals surface area contributed by atoms with Crippen molar-refractivity contribution < 1.29 is 23.3 Å². The van der Waals surface area contributed by atoms with Crippen molar-refractivity contribution in [3.05, 3.63) is 12.2 Å². The fourth-order valence-corrected chi connectivity index (χ4v) is 2.36. The molecule has 118 valence electrons. The van der Waals surface area contributed by atoms with Gasteiger partial charge in [0.1, 0.15) is 0 Å². The van der Waals surface area contributed by atoms with Gasteiger partial charge in [0.05, 0.1) is 12.7 Å². The van der Waals surface area contributed by atoms with Crippen LogP contribution in [-0.2, 0) is 18.4 Å². The van der Waals surface area contributed by atoms with Gasteiger partial charge < -0.3 is 10.2 Å². The minimum Gasteiger partial charge on any atom is -0.352 e. The van der Waals surface area contributed by atoms with Gasteiger partial charge in [0.2, 0.25) is 5.91 Å². The molecule has 0 aromatic heterocycles. The summed E-state index contributed by atoms with van der Waals surface area (Å²) in [6.07, 6.45) is 2.98. The van der Waals surface area contributed by atoms with Gasteiger partial charge in [0.15, 0.2) is 0 Å². The van der Waals surface area contributed by atoms with Gasteiger partial charge in [-0.25, -0.2) is 4.57 Å². The third-order valence-corrected chi connectivity index (χ3v) is 3.54. The van der Waals surface area contributed by atoms with E-state index in [1.54, 1.807) is 20.8 Å². The summed E-state index contributed by atoms with van der Waals surface area (Å²) in [5.41, 5.74) is 0.502. The van der Waals surface area contributed by atoms with Crippen LogP contribution in [0.4, 0.5) is 0 Å². The van der Waals surface area contributed by atoms with Crippen molar-refractivity contribution in [2.75, 3.05) is 13.2 Å². The summed E-state index contributed by atoms with van der Waals surface area (Å²) in [4.78, 5) is 20.5. The van der Waals surface area contributed by atoms with E-state index in [9.17, 15) is 14.3 Å². The molecule has 1 amide bonds. The molecule has 7 heteroatoms. The molecule has 0 bridgehead atoms. The lowest BCUT2D eigenvalue weighted by atomic mass is 10.2. The van der Waals surface area contributed by atoms with Crippen LogP contribution in [-0.4, -0.2) is 30.1 Å². The standard InChI is InChI=1S/C13H26NO5P/c1-11(2)13(15)14-9-7-5-6-8-10-18-20(16,17)19-12(3)4/h12H,1,5-10H2,2-4H3,(H,14,15)(H,16,17). The van der Waals surface area contributed by atoms with Crippen molar-refractivity contribution in [1.82, 2.24) is 5.32 Å². The summed E-state index contributed by atoms with van der Waals surface area (Å²) in [5.74, 6) is -0.125. The maximum Gasteiger partial charge on any atom is 0.472 e. The summed E-state index contributed by atoms with van der Waals surface area (Å²) < 4.78 is 20.9. The van der Waals surface area contributed by atoms with Crippen molar-refractivity contribution in [3.63, 3.8) is 0 Å². The second-order valence-electron chi connectivity index (χ2n) is 4.91. The van der Waals surface area contributed by atoms with Crippen molar-refractivity contribution in [1.29, 1.82) is 0 Å². The molecule has 0 rings (SSSR count). The number of unbranched alkanes of at least 4 members (excludes halogenated alkanes) is 3. The zero-order valence-corrected chi connectivity index (χ0v) is 13.4. The fourth-order valence-electron chi connectivity index (χ4n) is 1.41. The average Bonchev–Trinajstić information content (AvgIpc) is 2.30. The summed E-state index contributed by atoms with van der Waals surface area (Å²) in [6, 6.07) is 0. The molecule has 0 fully saturated rings. The first-order chi connectivity index (χ1) is 9.24. The minimum absolute atomic E-state index is 0.125. The van der Waals surface area contributed by atoms with Gasteiger partial charge in [0, 0.05) is 12.1 Å². The lowest BCUT2D eigenvalue weighted by Gasteiger charge is -2.14. The van der Waals surface area contributed by atoms with E-state index in [4.69, 9.17) is 9.05 Å². The van der Waals surface area contributed by atoms with Crippen LogP contribution < -0.4 is 5.32 Å². The SMILES string of the molecule is C=C(C)C(=O)NCCCCCCOP(=O)(O)OC(C)C. The first-order valence-corrected chi connectivity index (χ1v) is 8.33. The molecule has 20 heavy (non-hydrogen) atoms. The van der Waals surface area contributed by atoms with Crippen molar-refractivity contribution in [2.45, 2.75) is 52.6 Å². The smallest absolute Gasteiger partial charge is 0.352 e. The Balaban J connectivity index is 3.48. The van der Waals surface area contributed by atoms with Gasteiger partial charge in [-0.1, -0.05) is 19.4 Å².